The molecule has 21 heavy (non-hydrogen) atoms. The summed E-state index contributed by atoms with van der Waals surface area (Å²) in [5, 5.41) is 1.34. The van der Waals surface area contributed by atoms with Crippen LogP contribution in [0.25, 0.3) is 10.9 Å². The van der Waals surface area contributed by atoms with Crippen molar-refractivity contribution < 1.29 is 4.74 Å². The first-order valence-corrected chi connectivity index (χ1v) is 7.71. The lowest BCUT2D eigenvalue weighted by Crippen LogP contribution is -1.99. The first kappa shape index (κ1) is 12.5. The smallest absolute Gasteiger partial charge is 0.143 e. The third kappa shape index (κ3) is 2.31. The molecule has 106 valence electrons. The SMILES string of the molecule is c1ccc(COc2cccc3c4c([nH]c23)CCCC4)cc1. The quantitative estimate of drug-likeness (QED) is 0.742. The molecule has 2 heteroatoms. The molecule has 0 spiro atoms. The third-order valence-corrected chi connectivity index (χ3v) is 4.33. The fraction of sp³-hybridized carbons (Fsp3) is 0.263. The lowest BCUT2D eigenvalue weighted by molar-refractivity contribution is 0.309. The zero-order chi connectivity index (χ0) is 14.1. The molecule has 3 aromatic rings. The van der Waals surface area contributed by atoms with Crippen LogP contribution in [0, 0.1) is 0 Å². The summed E-state index contributed by atoms with van der Waals surface area (Å²) < 4.78 is 6.05. The number of aromatic amines is 1. The number of nitrogens with one attached hydrogen (secondary N) is 1. The van der Waals surface area contributed by atoms with Gasteiger partial charge in [0, 0.05) is 11.1 Å². The molecular formula is C19H19NO. The van der Waals surface area contributed by atoms with Gasteiger partial charge < -0.3 is 9.72 Å². The number of H-pyrrole nitrogens is 1. The number of rotatable bonds is 3. The van der Waals surface area contributed by atoms with E-state index >= 15 is 0 Å². The van der Waals surface area contributed by atoms with Gasteiger partial charge in [0.2, 0.25) is 0 Å². The number of ether oxygens (including phenoxy) is 1. The van der Waals surface area contributed by atoms with Crippen LogP contribution >= 0.6 is 0 Å². The van der Waals surface area contributed by atoms with Gasteiger partial charge in [0.1, 0.15) is 12.4 Å². The Hall–Kier alpha value is -2.22. The highest BCUT2D eigenvalue weighted by Gasteiger charge is 2.17. The molecule has 2 aromatic carbocycles. The minimum Gasteiger partial charge on any atom is -0.487 e. The van der Waals surface area contributed by atoms with E-state index in [1.165, 1.54) is 53.4 Å². The summed E-state index contributed by atoms with van der Waals surface area (Å²) in [5.74, 6) is 0.964. The molecule has 1 aliphatic rings. The van der Waals surface area contributed by atoms with Crippen LogP contribution in [0.2, 0.25) is 0 Å². The standard InChI is InChI=1S/C19H19NO/c1-2-7-14(8-3-1)13-21-18-12-6-10-16-15-9-4-5-11-17(15)20-19(16)18/h1-3,6-8,10,12,20H,4-5,9,11,13H2. The number of para-hydroxylation sites is 1. The lowest BCUT2D eigenvalue weighted by atomic mass is 9.96. The van der Waals surface area contributed by atoms with Crippen molar-refractivity contribution >= 4 is 10.9 Å². The van der Waals surface area contributed by atoms with Crippen LogP contribution in [0.5, 0.6) is 5.75 Å². The van der Waals surface area contributed by atoms with E-state index in [2.05, 4.69) is 35.3 Å². The first-order valence-electron chi connectivity index (χ1n) is 7.71. The summed E-state index contributed by atoms with van der Waals surface area (Å²) in [5.41, 5.74) is 5.28. The van der Waals surface area contributed by atoms with Gasteiger partial charge in [-0.15, -0.1) is 0 Å². The van der Waals surface area contributed by atoms with Gasteiger partial charge in [0.15, 0.2) is 0 Å². The Bertz CT molecular complexity index is 758. The van der Waals surface area contributed by atoms with Gasteiger partial charge in [-0.25, -0.2) is 0 Å². The normalized spacial score (nSPS) is 14.1. The van der Waals surface area contributed by atoms with Crippen LogP contribution in [-0.4, -0.2) is 4.98 Å². The molecule has 1 aromatic heterocycles. The Balaban J connectivity index is 1.67. The van der Waals surface area contributed by atoms with Gasteiger partial charge >= 0.3 is 0 Å². The van der Waals surface area contributed by atoms with Gasteiger partial charge in [0.05, 0.1) is 5.52 Å². The number of hydrogen-bond acceptors (Lipinski definition) is 1. The monoisotopic (exact) mass is 277 g/mol. The molecule has 2 nitrogen and oxygen atoms in total. The van der Waals surface area contributed by atoms with Crippen molar-refractivity contribution in [3.05, 3.63) is 65.4 Å². The molecule has 0 saturated heterocycles. The molecule has 0 amide bonds. The summed E-state index contributed by atoms with van der Waals surface area (Å²) >= 11 is 0. The summed E-state index contributed by atoms with van der Waals surface area (Å²) in [4.78, 5) is 3.60. The van der Waals surface area contributed by atoms with E-state index in [0.717, 1.165) is 5.75 Å². The molecule has 0 radical (unpaired) electrons. The summed E-state index contributed by atoms with van der Waals surface area (Å²) in [6.45, 7) is 0.615. The van der Waals surface area contributed by atoms with Crippen molar-refractivity contribution in [3.8, 4) is 5.75 Å². The van der Waals surface area contributed by atoms with Crippen LogP contribution < -0.4 is 4.74 Å². The third-order valence-electron chi connectivity index (χ3n) is 4.33. The minimum absolute atomic E-state index is 0.615. The number of fused-ring (bicyclic) bond motifs is 3. The van der Waals surface area contributed by atoms with Crippen LogP contribution in [-0.2, 0) is 19.4 Å². The lowest BCUT2D eigenvalue weighted by Gasteiger charge is -2.10. The van der Waals surface area contributed by atoms with E-state index < -0.39 is 0 Å². The molecule has 0 bridgehead atoms. The molecule has 1 heterocycles. The number of benzene rings is 2. The summed E-state index contributed by atoms with van der Waals surface area (Å²) in [7, 11) is 0. The predicted molar refractivity (Wildman–Crippen MR) is 85.7 cm³/mol. The van der Waals surface area contributed by atoms with Crippen LogP contribution in [0.3, 0.4) is 0 Å². The Morgan fingerprint density at radius 2 is 1.76 bits per heavy atom. The highest BCUT2D eigenvalue weighted by molar-refractivity contribution is 5.89. The topological polar surface area (TPSA) is 25.0 Å². The van der Waals surface area contributed by atoms with Crippen molar-refractivity contribution in [1.29, 1.82) is 0 Å². The molecule has 0 unspecified atom stereocenters. The van der Waals surface area contributed by atoms with Gasteiger partial charge in [-0.1, -0.05) is 42.5 Å². The van der Waals surface area contributed by atoms with Gasteiger partial charge in [-0.3, -0.25) is 0 Å². The highest BCUT2D eigenvalue weighted by atomic mass is 16.5. The molecule has 0 atom stereocenters. The Kier molecular flexibility index (Phi) is 3.15. The number of aryl methyl sites for hydroxylation is 2. The molecular weight excluding hydrogens is 258 g/mol. The average Bonchev–Trinajstić information content (AvgIpc) is 2.93. The van der Waals surface area contributed by atoms with Crippen molar-refractivity contribution in [2.75, 3.05) is 0 Å². The zero-order valence-corrected chi connectivity index (χ0v) is 12.1. The second-order valence-electron chi connectivity index (χ2n) is 5.74. The predicted octanol–water partition coefficient (Wildman–Crippen LogP) is 4.63. The van der Waals surface area contributed by atoms with Gasteiger partial charge in [0.25, 0.3) is 0 Å². The van der Waals surface area contributed by atoms with E-state index in [1.54, 1.807) is 0 Å². The van der Waals surface area contributed by atoms with E-state index in [4.69, 9.17) is 4.74 Å². The Labute approximate surface area is 124 Å². The summed E-state index contributed by atoms with van der Waals surface area (Å²) in [6, 6.07) is 16.7. The van der Waals surface area contributed by atoms with E-state index in [1.807, 2.05) is 18.2 Å². The van der Waals surface area contributed by atoms with Crippen LogP contribution in [0.1, 0.15) is 29.7 Å². The fourth-order valence-corrected chi connectivity index (χ4v) is 3.26. The van der Waals surface area contributed by atoms with E-state index in [-0.39, 0.29) is 0 Å². The maximum atomic E-state index is 6.05. The molecule has 0 fully saturated rings. The number of hydrogen-bond donors (Lipinski definition) is 1. The molecule has 1 aliphatic carbocycles. The molecule has 4 rings (SSSR count). The second-order valence-corrected chi connectivity index (χ2v) is 5.74. The van der Waals surface area contributed by atoms with Crippen molar-refractivity contribution in [1.82, 2.24) is 4.98 Å². The zero-order valence-electron chi connectivity index (χ0n) is 12.1. The molecule has 0 saturated carbocycles. The number of aromatic nitrogens is 1. The highest BCUT2D eigenvalue weighted by Crippen LogP contribution is 2.34. The Morgan fingerprint density at radius 3 is 2.67 bits per heavy atom. The summed E-state index contributed by atoms with van der Waals surface area (Å²) in [6.07, 6.45) is 4.95. The average molecular weight is 277 g/mol. The molecule has 0 aliphatic heterocycles. The van der Waals surface area contributed by atoms with Crippen molar-refractivity contribution in [2.24, 2.45) is 0 Å². The van der Waals surface area contributed by atoms with E-state index in [9.17, 15) is 0 Å². The first-order chi connectivity index (χ1) is 10.4. The Morgan fingerprint density at radius 1 is 0.905 bits per heavy atom. The van der Waals surface area contributed by atoms with Crippen LogP contribution in [0.4, 0.5) is 0 Å². The van der Waals surface area contributed by atoms with Crippen LogP contribution in [0.15, 0.2) is 48.5 Å². The molecule has 1 N–H and O–H groups in total. The van der Waals surface area contributed by atoms with E-state index in [0.29, 0.717) is 6.61 Å². The fourth-order valence-electron chi connectivity index (χ4n) is 3.26. The largest absolute Gasteiger partial charge is 0.487 e. The van der Waals surface area contributed by atoms with Gasteiger partial charge in [-0.2, -0.15) is 0 Å². The van der Waals surface area contributed by atoms with Gasteiger partial charge in [-0.05, 0) is 42.9 Å². The maximum absolute atomic E-state index is 6.05. The maximum Gasteiger partial charge on any atom is 0.143 e. The van der Waals surface area contributed by atoms with Crippen molar-refractivity contribution in [3.63, 3.8) is 0 Å². The minimum atomic E-state index is 0.615. The van der Waals surface area contributed by atoms with Crippen molar-refractivity contribution in [2.45, 2.75) is 32.3 Å². The second kappa shape index (κ2) is 5.28.